The second-order valence-electron chi connectivity index (χ2n) is 5.90. The fourth-order valence-electron chi connectivity index (χ4n) is 2.55. The number of rotatable bonds is 5. The number of anilines is 1. The zero-order valence-electron chi connectivity index (χ0n) is 13.6. The maximum Gasteiger partial charge on any atom is 0.282 e. The van der Waals surface area contributed by atoms with Crippen molar-refractivity contribution in [3.8, 4) is 11.5 Å². The molecule has 0 saturated carbocycles. The molecule has 0 aliphatic carbocycles. The van der Waals surface area contributed by atoms with Gasteiger partial charge in [0.1, 0.15) is 12.4 Å². The molecule has 126 valence electrons. The molecule has 5 nitrogen and oxygen atoms in total. The van der Waals surface area contributed by atoms with E-state index in [1.807, 2.05) is 32.2 Å². The highest BCUT2D eigenvalue weighted by Gasteiger charge is 2.23. The summed E-state index contributed by atoms with van der Waals surface area (Å²) in [6.07, 6.45) is 0. The van der Waals surface area contributed by atoms with Crippen LogP contribution in [0, 0.1) is 5.82 Å². The number of amides is 1. The Bertz CT molecular complexity index is 751. The smallest absolute Gasteiger partial charge is 0.282 e. The molecule has 2 aromatic carbocycles. The predicted molar refractivity (Wildman–Crippen MR) is 87.6 cm³/mol. The molecular formula is C18H20FN2O3+. The van der Waals surface area contributed by atoms with Gasteiger partial charge in [-0.15, -0.1) is 0 Å². The first kappa shape index (κ1) is 16.3. The third-order valence-electron chi connectivity index (χ3n) is 4.18. The number of likely N-dealkylation sites (N-methyl/N-ethyl adjacent to an activating group) is 1. The van der Waals surface area contributed by atoms with Crippen molar-refractivity contribution in [3.05, 3.63) is 53.8 Å². The van der Waals surface area contributed by atoms with Gasteiger partial charge in [0.25, 0.3) is 5.91 Å². The number of hydrogen-bond acceptors (Lipinski definition) is 3. The zero-order valence-corrected chi connectivity index (χ0v) is 13.6. The quantitative estimate of drug-likeness (QED) is 0.875. The predicted octanol–water partition coefficient (Wildman–Crippen LogP) is 1.60. The molecule has 0 fully saturated rings. The lowest BCUT2D eigenvalue weighted by atomic mass is 10.1. The van der Waals surface area contributed by atoms with E-state index in [9.17, 15) is 9.18 Å². The van der Waals surface area contributed by atoms with Gasteiger partial charge in [-0.25, -0.2) is 4.39 Å². The molecule has 1 amide bonds. The summed E-state index contributed by atoms with van der Waals surface area (Å²) in [7, 11) is 1.93. The Hall–Kier alpha value is -2.60. The van der Waals surface area contributed by atoms with Gasteiger partial charge in [-0.05, 0) is 37.3 Å². The number of carbonyl (C=O) groups is 1. The first-order chi connectivity index (χ1) is 11.5. The molecule has 1 aliphatic heterocycles. The van der Waals surface area contributed by atoms with Gasteiger partial charge in [0.15, 0.2) is 17.5 Å². The number of fused-ring (bicyclic) bond motifs is 1. The van der Waals surface area contributed by atoms with Crippen LogP contribution in [-0.2, 0) is 11.3 Å². The van der Waals surface area contributed by atoms with E-state index in [2.05, 4.69) is 5.32 Å². The summed E-state index contributed by atoms with van der Waals surface area (Å²) in [5, 5.41) is 2.64. The van der Waals surface area contributed by atoms with Crippen molar-refractivity contribution in [2.24, 2.45) is 0 Å². The minimum absolute atomic E-state index is 0.199. The van der Waals surface area contributed by atoms with Gasteiger partial charge in [0.05, 0.1) is 12.7 Å². The van der Waals surface area contributed by atoms with Crippen LogP contribution in [0.5, 0.6) is 11.5 Å². The summed E-state index contributed by atoms with van der Waals surface area (Å²) < 4.78 is 24.3. The maximum absolute atomic E-state index is 13.6. The normalized spacial score (nSPS) is 15.0. The van der Waals surface area contributed by atoms with Crippen LogP contribution in [0.1, 0.15) is 12.5 Å². The number of nitrogens with one attached hydrogen (secondary N) is 2. The fraction of sp³-hybridized carbons (Fsp3) is 0.278. The monoisotopic (exact) mass is 331 g/mol. The Morgan fingerprint density at radius 3 is 2.79 bits per heavy atom. The van der Waals surface area contributed by atoms with Gasteiger partial charge >= 0.3 is 0 Å². The van der Waals surface area contributed by atoms with E-state index in [0.717, 1.165) is 22.0 Å². The van der Waals surface area contributed by atoms with Crippen molar-refractivity contribution in [1.82, 2.24) is 0 Å². The van der Waals surface area contributed by atoms with Crippen molar-refractivity contribution in [2.75, 3.05) is 19.2 Å². The molecule has 1 unspecified atom stereocenters. The molecule has 2 aromatic rings. The van der Waals surface area contributed by atoms with Gasteiger partial charge < -0.3 is 19.7 Å². The number of para-hydroxylation sites is 1. The molecule has 1 heterocycles. The van der Waals surface area contributed by atoms with Crippen molar-refractivity contribution >= 4 is 11.6 Å². The van der Waals surface area contributed by atoms with E-state index >= 15 is 0 Å². The molecule has 0 aromatic heterocycles. The molecule has 24 heavy (non-hydrogen) atoms. The number of ether oxygens (including phenoxy) is 2. The van der Waals surface area contributed by atoms with E-state index in [1.165, 1.54) is 6.07 Å². The Labute approximate surface area is 140 Å². The topological polar surface area (TPSA) is 52.0 Å². The van der Waals surface area contributed by atoms with Crippen molar-refractivity contribution in [1.29, 1.82) is 0 Å². The molecule has 0 bridgehead atoms. The van der Waals surface area contributed by atoms with Crippen LogP contribution in [-0.4, -0.2) is 25.8 Å². The minimum atomic E-state index is -0.438. The number of halogens is 1. The van der Waals surface area contributed by atoms with Crippen molar-refractivity contribution in [2.45, 2.75) is 19.5 Å². The van der Waals surface area contributed by atoms with Crippen LogP contribution in [0.25, 0.3) is 0 Å². The first-order valence-corrected chi connectivity index (χ1v) is 7.81. The van der Waals surface area contributed by atoms with E-state index < -0.39 is 5.82 Å². The molecule has 0 spiro atoms. The third kappa shape index (κ3) is 3.49. The van der Waals surface area contributed by atoms with Crippen LogP contribution in [0.4, 0.5) is 10.1 Å². The lowest BCUT2D eigenvalue weighted by Crippen LogP contribution is -3.12. The highest BCUT2D eigenvalue weighted by atomic mass is 19.1. The van der Waals surface area contributed by atoms with E-state index in [0.29, 0.717) is 6.54 Å². The fourth-order valence-corrected chi connectivity index (χ4v) is 2.55. The lowest BCUT2D eigenvalue weighted by Gasteiger charge is -2.21. The van der Waals surface area contributed by atoms with Gasteiger partial charge in [0, 0.05) is 5.56 Å². The second kappa shape index (κ2) is 6.88. The van der Waals surface area contributed by atoms with Crippen molar-refractivity contribution in [3.63, 3.8) is 0 Å². The summed E-state index contributed by atoms with van der Waals surface area (Å²) in [4.78, 5) is 13.3. The molecule has 2 N–H and O–H groups in total. The summed E-state index contributed by atoms with van der Waals surface area (Å²) in [6, 6.07) is 11.6. The van der Waals surface area contributed by atoms with E-state index in [-0.39, 0.29) is 24.4 Å². The number of quaternary nitrogens is 1. The SMILES string of the molecule is C[C@H](C(=O)Nc1ccccc1F)[NH+](C)Cc1ccc2c(c1)OCO2. The molecule has 3 rings (SSSR count). The van der Waals surface area contributed by atoms with Crippen LogP contribution in [0.2, 0.25) is 0 Å². The highest BCUT2D eigenvalue weighted by Crippen LogP contribution is 2.32. The van der Waals surface area contributed by atoms with Crippen LogP contribution < -0.4 is 19.7 Å². The average molecular weight is 331 g/mol. The van der Waals surface area contributed by atoms with Gasteiger partial charge in [-0.2, -0.15) is 0 Å². The summed E-state index contributed by atoms with van der Waals surface area (Å²) in [5.41, 5.74) is 1.24. The van der Waals surface area contributed by atoms with E-state index in [4.69, 9.17) is 9.47 Å². The third-order valence-corrected chi connectivity index (χ3v) is 4.18. The van der Waals surface area contributed by atoms with Gasteiger partial charge in [-0.3, -0.25) is 4.79 Å². The minimum Gasteiger partial charge on any atom is -0.454 e. The van der Waals surface area contributed by atoms with Gasteiger partial charge in [-0.1, -0.05) is 12.1 Å². The largest absolute Gasteiger partial charge is 0.454 e. The zero-order chi connectivity index (χ0) is 17.1. The highest BCUT2D eigenvalue weighted by molar-refractivity contribution is 5.93. The lowest BCUT2D eigenvalue weighted by molar-refractivity contribution is -0.907. The Kier molecular flexibility index (Phi) is 4.66. The molecule has 0 saturated heterocycles. The van der Waals surface area contributed by atoms with E-state index in [1.54, 1.807) is 18.2 Å². The molecule has 1 aliphatic rings. The first-order valence-electron chi connectivity index (χ1n) is 7.81. The average Bonchev–Trinajstić information content (AvgIpc) is 3.03. The Balaban J connectivity index is 1.63. The number of hydrogen-bond donors (Lipinski definition) is 2. The van der Waals surface area contributed by atoms with Crippen LogP contribution >= 0.6 is 0 Å². The summed E-state index contributed by atoms with van der Waals surface area (Å²) in [5.74, 6) is 0.801. The standard InChI is InChI=1S/C18H19FN2O3/c1-12(18(22)20-15-6-4-3-5-14(15)19)21(2)10-13-7-8-16-17(9-13)24-11-23-16/h3-9,12H,10-11H2,1-2H3,(H,20,22)/p+1/t12-/m1/s1. The Morgan fingerprint density at radius 2 is 2.00 bits per heavy atom. The molecular weight excluding hydrogens is 311 g/mol. The van der Waals surface area contributed by atoms with Crippen LogP contribution in [0.15, 0.2) is 42.5 Å². The number of benzene rings is 2. The molecule has 6 heteroatoms. The van der Waals surface area contributed by atoms with Crippen LogP contribution in [0.3, 0.4) is 0 Å². The summed E-state index contributed by atoms with van der Waals surface area (Å²) >= 11 is 0. The van der Waals surface area contributed by atoms with Gasteiger partial charge in [0.2, 0.25) is 6.79 Å². The Morgan fingerprint density at radius 1 is 1.25 bits per heavy atom. The molecule has 2 atom stereocenters. The second-order valence-corrected chi connectivity index (χ2v) is 5.90. The molecule has 0 radical (unpaired) electrons. The summed E-state index contributed by atoms with van der Waals surface area (Å²) in [6.45, 7) is 2.70. The number of carbonyl (C=O) groups excluding carboxylic acids is 1. The van der Waals surface area contributed by atoms with Crippen molar-refractivity contribution < 1.29 is 23.6 Å². The maximum atomic E-state index is 13.6.